The minimum Gasteiger partial charge on any atom is -0.448 e. The van der Waals surface area contributed by atoms with E-state index in [1.165, 1.54) is 0 Å². The molecule has 0 N–H and O–H groups in total. The van der Waals surface area contributed by atoms with Crippen LogP contribution in [0.2, 0.25) is 0 Å². The van der Waals surface area contributed by atoms with Crippen molar-refractivity contribution in [1.82, 2.24) is 4.90 Å². The maximum absolute atomic E-state index is 13.3. The van der Waals surface area contributed by atoms with Gasteiger partial charge in [0.15, 0.2) is 6.10 Å². The lowest BCUT2D eigenvalue weighted by Gasteiger charge is -2.44. The monoisotopic (exact) mass is 391 g/mol. The van der Waals surface area contributed by atoms with Crippen LogP contribution in [0.25, 0.3) is 0 Å². The topological polar surface area (TPSA) is 46.6 Å². The first-order valence-electron chi connectivity index (χ1n) is 9.29. The Hall–Kier alpha value is -2.79. The van der Waals surface area contributed by atoms with Gasteiger partial charge in [-0.25, -0.2) is 4.79 Å². The second kappa shape index (κ2) is 8.07. The number of rotatable bonds is 5. The Balaban J connectivity index is 1.70. The molecule has 1 saturated heterocycles. The highest BCUT2D eigenvalue weighted by atomic mass is 32.2. The number of allylic oxidation sites excluding steroid dienone is 2. The zero-order chi connectivity index (χ0) is 19.5. The van der Waals surface area contributed by atoms with E-state index in [4.69, 9.17) is 4.74 Å². The number of ether oxygens (including phenoxy) is 1. The lowest BCUT2D eigenvalue weighted by atomic mass is 10.0. The number of fused-ring (bicyclic) bond motifs is 1. The summed E-state index contributed by atoms with van der Waals surface area (Å²) in [5.41, 5.74) is 3.01. The maximum atomic E-state index is 13.3. The number of hydrogen-bond acceptors (Lipinski definition) is 4. The zero-order valence-corrected chi connectivity index (χ0v) is 16.4. The van der Waals surface area contributed by atoms with Gasteiger partial charge in [0.05, 0.1) is 11.8 Å². The van der Waals surface area contributed by atoms with E-state index in [2.05, 4.69) is 0 Å². The molecule has 2 aliphatic rings. The molecule has 0 unspecified atom stereocenters. The average molecular weight is 391 g/mol. The Morgan fingerprint density at radius 3 is 2.25 bits per heavy atom. The standard InChI is InChI=1S/C23H21NO3S/c1-2-9-18-15-28-20-14-19(25)24(20)21(18)23(26)27-22(16-10-5-3-6-11-16)17-12-7-4-8-13-17/h2-13,20,22H,14-15H2,1H3/t20-/m1/s1. The van der Waals surface area contributed by atoms with E-state index in [1.54, 1.807) is 16.7 Å². The van der Waals surface area contributed by atoms with Gasteiger partial charge in [0.1, 0.15) is 5.70 Å². The molecule has 0 aromatic heterocycles. The predicted molar refractivity (Wildman–Crippen MR) is 110 cm³/mol. The van der Waals surface area contributed by atoms with Crippen molar-refractivity contribution in [3.8, 4) is 0 Å². The predicted octanol–water partition coefficient (Wildman–Crippen LogP) is 4.45. The van der Waals surface area contributed by atoms with Crippen LogP contribution >= 0.6 is 11.8 Å². The van der Waals surface area contributed by atoms with Crippen molar-refractivity contribution in [2.75, 3.05) is 5.75 Å². The second-order valence-corrected chi connectivity index (χ2v) is 7.88. The minimum absolute atomic E-state index is 0.0258. The lowest BCUT2D eigenvalue weighted by Crippen LogP contribution is -2.54. The number of thioether (sulfide) groups is 1. The fourth-order valence-electron chi connectivity index (χ4n) is 3.50. The SMILES string of the molecule is CC=CC1=C(C(=O)OC(c2ccccc2)c2ccccc2)N2C(=O)C[C@H]2SC1. The van der Waals surface area contributed by atoms with Crippen molar-refractivity contribution in [2.45, 2.75) is 24.8 Å². The summed E-state index contributed by atoms with van der Waals surface area (Å²) in [6.45, 7) is 1.90. The summed E-state index contributed by atoms with van der Waals surface area (Å²) in [5.74, 6) is 0.219. The molecule has 2 aliphatic heterocycles. The van der Waals surface area contributed by atoms with Crippen molar-refractivity contribution >= 4 is 23.6 Å². The minimum atomic E-state index is -0.529. The molecular weight excluding hydrogens is 370 g/mol. The van der Waals surface area contributed by atoms with Gasteiger partial charge in [0.2, 0.25) is 5.91 Å². The molecule has 2 heterocycles. The molecule has 2 aromatic carbocycles. The third kappa shape index (κ3) is 3.50. The lowest BCUT2D eigenvalue weighted by molar-refractivity contribution is -0.151. The van der Waals surface area contributed by atoms with Crippen LogP contribution in [-0.2, 0) is 14.3 Å². The van der Waals surface area contributed by atoms with Crippen molar-refractivity contribution < 1.29 is 14.3 Å². The number of nitrogens with zero attached hydrogens (tertiary/aromatic N) is 1. The van der Waals surface area contributed by atoms with E-state index in [-0.39, 0.29) is 11.3 Å². The van der Waals surface area contributed by atoms with Crippen LogP contribution in [-0.4, -0.2) is 27.9 Å². The quantitative estimate of drug-likeness (QED) is 0.558. The molecule has 4 rings (SSSR count). The number of β-lactam (4-membered cyclic amide) rings is 1. The Morgan fingerprint density at radius 2 is 1.71 bits per heavy atom. The van der Waals surface area contributed by atoms with Gasteiger partial charge in [-0.15, -0.1) is 11.8 Å². The Morgan fingerprint density at radius 1 is 1.11 bits per heavy atom. The molecule has 0 radical (unpaired) electrons. The van der Waals surface area contributed by atoms with Gasteiger partial charge in [-0.2, -0.15) is 0 Å². The smallest absolute Gasteiger partial charge is 0.356 e. The van der Waals surface area contributed by atoms with E-state index >= 15 is 0 Å². The van der Waals surface area contributed by atoms with Gasteiger partial charge in [-0.1, -0.05) is 72.8 Å². The molecule has 4 nitrogen and oxygen atoms in total. The van der Waals surface area contributed by atoms with Gasteiger partial charge in [-0.05, 0) is 23.6 Å². The van der Waals surface area contributed by atoms with Crippen LogP contribution in [0.5, 0.6) is 0 Å². The molecule has 0 saturated carbocycles. The van der Waals surface area contributed by atoms with Crippen molar-refractivity contribution in [1.29, 1.82) is 0 Å². The molecule has 142 valence electrons. The van der Waals surface area contributed by atoms with E-state index < -0.39 is 12.1 Å². The summed E-state index contributed by atoms with van der Waals surface area (Å²) in [6.07, 6.45) is 3.73. The van der Waals surface area contributed by atoms with E-state index in [0.29, 0.717) is 17.9 Å². The van der Waals surface area contributed by atoms with Crippen molar-refractivity contribution in [2.24, 2.45) is 0 Å². The van der Waals surface area contributed by atoms with Gasteiger partial charge in [0.25, 0.3) is 0 Å². The molecule has 1 atom stereocenters. The Labute approximate surface area is 168 Å². The van der Waals surface area contributed by atoms with Gasteiger partial charge in [0, 0.05) is 5.75 Å². The zero-order valence-electron chi connectivity index (χ0n) is 15.6. The van der Waals surface area contributed by atoms with E-state index in [9.17, 15) is 9.59 Å². The normalized spacial score (nSPS) is 19.0. The van der Waals surface area contributed by atoms with Crippen LogP contribution in [0.4, 0.5) is 0 Å². The number of hydrogen-bond donors (Lipinski definition) is 0. The molecule has 1 fully saturated rings. The third-order valence-corrected chi connectivity index (χ3v) is 6.11. The molecule has 0 spiro atoms. The fraction of sp³-hybridized carbons (Fsp3) is 0.217. The highest BCUT2D eigenvalue weighted by molar-refractivity contribution is 8.00. The number of benzene rings is 2. The maximum Gasteiger partial charge on any atom is 0.356 e. The molecular formula is C23H21NO3S. The second-order valence-electron chi connectivity index (χ2n) is 6.71. The first-order valence-corrected chi connectivity index (χ1v) is 10.3. The average Bonchev–Trinajstić information content (AvgIpc) is 2.73. The third-order valence-electron chi connectivity index (χ3n) is 4.87. The first-order chi connectivity index (χ1) is 13.7. The molecule has 0 bridgehead atoms. The summed E-state index contributed by atoms with van der Waals surface area (Å²) in [4.78, 5) is 27.1. The van der Waals surface area contributed by atoms with Crippen LogP contribution in [0.1, 0.15) is 30.6 Å². The van der Waals surface area contributed by atoms with E-state index in [1.807, 2.05) is 79.7 Å². The van der Waals surface area contributed by atoms with Crippen LogP contribution in [0, 0.1) is 0 Å². The first kappa shape index (κ1) is 18.6. The van der Waals surface area contributed by atoms with Gasteiger partial charge in [-0.3, -0.25) is 9.69 Å². The van der Waals surface area contributed by atoms with Gasteiger partial charge >= 0.3 is 5.97 Å². The highest BCUT2D eigenvalue weighted by Crippen LogP contribution is 2.41. The summed E-state index contributed by atoms with van der Waals surface area (Å²) in [6, 6.07) is 19.4. The Kier molecular flexibility index (Phi) is 5.35. The molecule has 28 heavy (non-hydrogen) atoms. The van der Waals surface area contributed by atoms with Gasteiger partial charge < -0.3 is 4.74 Å². The van der Waals surface area contributed by atoms with Crippen LogP contribution in [0.15, 0.2) is 84.1 Å². The fourth-order valence-corrected chi connectivity index (χ4v) is 4.74. The number of carbonyl (C=O) groups is 2. The van der Waals surface area contributed by atoms with E-state index in [0.717, 1.165) is 16.7 Å². The summed E-state index contributed by atoms with van der Waals surface area (Å²) in [7, 11) is 0. The Bertz CT molecular complexity index is 897. The summed E-state index contributed by atoms with van der Waals surface area (Å²) in [5, 5.41) is 0.0379. The molecule has 5 heteroatoms. The van der Waals surface area contributed by atoms with Crippen molar-refractivity contribution in [3.05, 3.63) is 95.2 Å². The summed E-state index contributed by atoms with van der Waals surface area (Å²) < 4.78 is 6.01. The number of amides is 1. The highest BCUT2D eigenvalue weighted by Gasteiger charge is 2.45. The largest absolute Gasteiger partial charge is 0.448 e. The molecule has 2 aromatic rings. The number of carbonyl (C=O) groups excluding carboxylic acids is 2. The number of esters is 1. The molecule has 1 amide bonds. The van der Waals surface area contributed by atoms with Crippen LogP contribution in [0.3, 0.4) is 0 Å². The molecule has 0 aliphatic carbocycles. The summed E-state index contributed by atoms with van der Waals surface area (Å²) >= 11 is 1.69. The van der Waals surface area contributed by atoms with Crippen LogP contribution < -0.4 is 0 Å². The van der Waals surface area contributed by atoms with Crippen molar-refractivity contribution in [3.63, 3.8) is 0 Å².